The van der Waals surface area contributed by atoms with Crippen molar-refractivity contribution in [2.45, 2.75) is 6.42 Å². The molecule has 0 rings (SSSR count). The second kappa shape index (κ2) is 9.66. The van der Waals surface area contributed by atoms with Crippen LogP contribution in [0.25, 0.3) is 0 Å². The zero-order chi connectivity index (χ0) is 16.4. The fraction of sp³-hybridized carbons (Fsp3) is 0.636. The summed E-state index contributed by atoms with van der Waals surface area (Å²) in [5.74, 6) is -5.82. The summed E-state index contributed by atoms with van der Waals surface area (Å²) in [4.78, 5) is 43.9. The van der Waals surface area contributed by atoms with Crippen LogP contribution < -0.4 is 20.4 Å². The molecule has 0 bridgehead atoms. The Bertz CT molecular complexity index is 382. The SMILES string of the molecule is O=C([O-])CCN(CCN(CC(=O)[O-])CC(=O)[O-])CC(=O)[O-]. The van der Waals surface area contributed by atoms with E-state index in [9.17, 15) is 39.6 Å². The van der Waals surface area contributed by atoms with Crippen LogP contribution in [0.3, 0.4) is 0 Å². The average Bonchev–Trinajstić information content (AvgIpc) is 2.30. The predicted molar refractivity (Wildman–Crippen MR) is 57.5 cm³/mol. The molecule has 0 fully saturated rings. The molecule has 0 unspecified atom stereocenters. The number of carbonyl (C=O) groups is 4. The van der Waals surface area contributed by atoms with Gasteiger partial charge in [0.2, 0.25) is 0 Å². The van der Waals surface area contributed by atoms with Crippen LogP contribution >= 0.6 is 0 Å². The molecule has 0 radical (unpaired) electrons. The monoisotopic (exact) mass is 302 g/mol. The first-order valence-electron chi connectivity index (χ1n) is 5.94. The molecule has 0 aliphatic rings. The van der Waals surface area contributed by atoms with E-state index in [4.69, 9.17) is 0 Å². The summed E-state index contributed by atoms with van der Waals surface area (Å²) in [6, 6.07) is 0. The normalized spacial score (nSPS) is 10.8. The lowest BCUT2D eigenvalue weighted by molar-refractivity contribution is -0.311. The lowest BCUT2D eigenvalue weighted by Gasteiger charge is -2.28. The molecule has 0 saturated heterocycles. The van der Waals surface area contributed by atoms with Gasteiger partial charge in [-0.3, -0.25) is 9.80 Å². The summed E-state index contributed by atoms with van der Waals surface area (Å²) in [6.45, 7) is -2.26. The molecule has 0 heterocycles. The minimum absolute atomic E-state index is 0.0676. The molecule has 0 saturated carbocycles. The fourth-order valence-corrected chi connectivity index (χ4v) is 1.56. The van der Waals surface area contributed by atoms with E-state index in [0.717, 1.165) is 4.90 Å². The van der Waals surface area contributed by atoms with Gasteiger partial charge in [0.25, 0.3) is 0 Å². The quantitative estimate of drug-likeness (QED) is 0.337. The third kappa shape index (κ3) is 11.3. The maximum atomic E-state index is 10.5. The standard InChI is InChI=1S/C11H18N2O8/c14-8(15)1-2-12(5-9(16)17)3-4-13(6-10(18)19)7-11(20)21/h1-7H2,(H,14,15)(H,16,17)(H,18,19)(H,20,21)/p-4. The van der Waals surface area contributed by atoms with Crippen molar-refractivity contribution in [1.29, 1.82) is 0 Å². The third-order valence-corrected chi connectivity index (χ3v) is 2.42. The van der Waals surface area contributed by atoms with Gasteiger partial charge >= 0.3 is 0 Å². The number of aliphatic carboxylic acids is 4. The van der Waals surface area contributed by atoms with Crippen molar-refractivity contribution < 1.29 is 39.6 Å². The van der Waals surface area contributed by atoms with E-state index in [1.54, 1.807) is 0 Å². The number of hydrogen-bond acceptors (Lipinski definition) is 10. The maximum absolute atomic E-state index is 10.5. The zero-order valence-electron chi connectivity index (χ0n) is 11.1. The van der Waals surface area contributed by atoms with Crippen LogP contribution in [0.4, 0.5) is 0 Å². The Hall–Kier alpha value is -2.20. The molecule has 120 valence electrons. The molecule has 0 atom stereocenters. The number of carboxylic acid groups (broad SMARTS) is 4. The van der Waals surface area contributed by atoms with E-state index in [-0.39, 0.29) is 19.6 Å². The van der Waals surface area contributed by atoms with Crippen molar-refractivity contribution >= 4 is 23.9 Å². The molecule has 0 aromatic carbocycles. The summed E-state index contributed by atoms with van der Waals surface area (Å²) in [7, 11) is 0. The van der Waals surface area contributed by atoms with Crippen molar-refractivity contribution in [2.75, 3.05) is 39.3 Å². The second-order valence-electron chi connectivity index (χ2n) is 4.22. The van der Waals surface area contributed by atoms with Crippen LogP contribution in [0.1, 0.15) is 6.42 Å². The predicted octanol–water partition coefficient (Wildman–Crippen LogP) is -7.02. The lowest BCUT2D eigenvalue weighted by Crippen LogP contribution is -2.48. The van der Waals surface area contributed by atoms with Crippen LogP contribution in [0.2, 0.25) is 0 Å². The number of carbonyl (C=O) groups excluding carboxylic acids is 4. The third-order valence-electron chi connectivity index (χ3n) is 2.42. The number of carboxylic acids is 4. The molecule has 0 spiro atoms. The van der Waals surface area contributed by atoms with Crippen molar-refractivity contribution in [1.82, 2.24) is 9.80 Å². The van der Waals surface area contributed by atoms with E-state index < -0.39 is 49.9 Å². The van der Waals surface area contributed by atoms with E-state index in [1.165, 1.54) is 4.90 Å². The van der Waals surface area contributed by atoms with Crippen molar-refractivity contribution in [3.05, 3.63) is 0 Å². The molecule has 0 aliphatic heterocycles. The van der Waals surface area contributed by atoms with Crippen LogP contribution in [-0.4, -0.2) is 72.9 Å². The molecular weight excluding hydrogens is 288 g/mol. The van der Waals surface area contributed by atoms with Gasteiger partial charge in [-0.15, -0.1) is 0 Å². The van der Waals surface area contributed by atoms with Gasteiger partial charge in [0.15, 0.2) is 0 Å². The topological polar surface area (TPSA) is 167 Å². The summed E-state index contributed by atoms with van der Waals surface area (Å²) in [5, 5.41) is 41.8. The highest BCUT2D eigenvalue weighted by atomic mass is 16.4. The summed E-state index contributed by atoms with van der Waals surface area (Å²) in [5.41, 5.74) is 0. The van der Waals surface area contributed by atoms with Gasteiger partial charge < -0.3 is 39.6 Å². The fourth-order valence-electron chi connectivity index (χ4n) is 1.56. The molecule has 10 heteroatoms. The first kappa shape index (κ1) is 18.8. The molecule has 0 amide bonds. The van der Waals surface area contributed by atoms with Gasteiger partial charge in [0, 0.05) is 45.2 Å². The van der Waals surface area contributed by atoms with Crippen molar-refractivity contribution in [2.24, 2.45) is 0 Å². The van der Waals surface area contributed by atoms with Crippen molar-refractivity contribution in [3.8, 4) is 0 Å². The van der Waals surface area contributed by atoms with E-state index in [1.807, 2.05) is 0 Å². The molecule has 0 N–H and O–H groups in total. The minimum atomic E-state index is -1.50. The molecule has 0 aliphatic carbocycles. The molecule has 0 aromatic heterocycles. The summed E-state index contributed by atoms with van der Waals surface area (Å²) >= 11 is 0. The van der Waals surface area contributed by atoms with E-state index in [2.05, 4.69) is 0 Å². The van der Waals surface area contributed by atoms with E-state index in [0.29, 0.717) is 0 Å². The van der Waals surface area contributed by atoms with Crippen molar-refractivity contribution in [3.63, 3.8) is 0 Å². The van der Waals surface area contributed by atoms with Gasteiger partial charge in [-0.25, -0.2) is 0 Å². The Morgan fingerprint density at radius 3 is 1.33 bits per heavy atom. The molecule has 21 heavy (non-hydrogen) atoms. The highest BCUT2D eigenvalue weighted by molar-refractivity contribution is 5.70. The Balaban J connectivity index is 4.49. The Kier molecular flexibility index (Phi) is 8.65. The Labute approximate surface area is 120 Å². The number of rotatable bonds is 12. The highest BCUT2D eigenvalue weighted by Gasteiger charge is 2.10. The number of hydrogen-bond donors (Lipinski definition) is 0. The van der Waals surface area contributed by atoms with E-state index >= 15 is 0 Å². The number of nitrogens with zero attached hydrogens (tertiary/aromatic N) is 2. The minimum Gasteiger partial charge on any atom is -0.550 e. The lowest BCUT2D eigenvalue weighted by atomic mass is 10.3. The maximum Gasteiger partial charge on any atom is 0.0555 e. The smallest absolute Gasteiger partial charge is 0.0555 e. The van der Waals surface area contributed by atoms with Crippen LogP contribution in [0.15, 0.2) is 0 Å². The van der Waals surface area contributed by atoms with Gasteiger partial charge in [-0.05, 0) is 6.42 Å². The van der Waals surface area contributed by atoms with Crippen LogP contribution in [0, 0.1) is 0 Å². The first-order valence-corrected chi connectivity index (χ1v) is 5.94. The van der Waals surface area contributed by atoms with Crippen LogP contribution in [0.5, 0.6) is 0 Å². The highest BCUT2D eigenvalue weighted by Crippen LogP contribution is 1.94. The molecule has 0 aromatic rings. The molecule has 10 nitrogen and oxygen atoms in total. The Morgan fingerprint density at radius 1 is 0.571 bits per heavy atom. The zero-order valence-corrected chi connectivity index (χ0v) is 11.1. The van der Waals surface area contributed by atoms with Gasteiger partial charge in [0.1, 0.15) is 0 Å². The second-order valence-corrected chi connectivity index (χ2v) is 4.22. The summed E-state index contributed by atoms with van der Waals surface area (Å²) < 4.78 is 0. The van der Waals surface area contributed by atoms with Gasteiger partial charge in [-0.2, -0.15) is 0 Å². The molecular formula is C11H14N2O8-4. The first-order chi connectivity index (χ1) is 9.70. The van der Waals surface area contributed by atoms with Gasteiger partial charge in [-0.1, -0.05) is 0 Å². The summed E-state index contributed by atoms with van der Waals surface area (Å²) in [6.07, 6.45) is -0.422. The van der Waals surface area contributed by atoms with Crippen LogP contribution in [-0.2, 0) is 19.2 Å². The van der Waals surface area contributed by atoms with Gasteiger partial charge in [0.05, 0.1) is 17.9 Å². The Morgan fingerprint density at radius 2 is 0.952 bits per heavy atom. The average molecular weight is 302 g/mol. The largest absolute Gasteiger partial charge is 0.550 e.